The number of unbranched alkanes of at least 4 members (excludes halogenated alkanes) is 3. The lowest BCUT2D eigenvalue weighted by molar-refractivity contribution is 0.289. The number of aryl methyl sites for hydroxylation is 1. The maximum atomic E-state index is 14.8. The van der Waals surface area contributed by atoms with Gasteiger partial charge in [-0.05, 0) is 54.2 Å². The highest BCUT2D eigenvalue weighted by Crippen LogP contribution is 2.33. The van der Waals surface area contributed by atoms with Gasteiger partial charge in [0, 0.05) is 11.1 Å². The first-order valence-corrected chi connectivity index (χ1v) is 11.0. The molecule has 0 bridgehead atoms. The lowest BCUT2D eigenvalue weighted by Crippen LogP contribution is -2.01. The topological polar surface area (TPSA) is 9.23 Å². The molecule has 0 aromatic heterocycles. The molecule has 0 unspecified atom stereocenters. The van der Waals surface area contributed by atoms with Gasteiger partial charge >= 0.3 is 0 Å². The first-order valence-electron chi connectivity index (χ1n) is 11.0. The van der Waals surface area contributed by atoms with E-state index in [1.54, 1.807) is 12.1 Å². The van der Waals surface area contributed by atoms with Gasteiger partial charge in [-0.2, -0.15) is 4.39 Å². The SMILES string of the molecule is CCCCCc1ccc(-c2ccc(-c3ccc(OCCCC)c(F)c3F)cc2F)cc1. The molecule has 0 aliphatic heterocycles. The molecule has 0 radical (unpaired) electrons. The van der Waals surface area contributed by atoms with E-state index in [0.29, 0.717) is 12.2 Å². The average Bonchev–Trinajstić information content (AvgIpc) is 2.78. The Balaban J connectivity index is 1.80. The van der Waals surface area contributed by atoms with Crippen LogP contribution in [0.5, 0.6) is 5.75 Å². The highest BCUT2D eigenvalue weighted by Gasteiger charge is 2.17. The first-order chi connectivity index (χ1) is 15.0. The predicted molar refractivity (Wildman–Crippen MR) is 121 cm³/mol. The van der Waals surface area contributed by atoms with Gasteiger partial charge in [0.15, 0.2) is 11.6 Å². The fraction of sp³-hybridized carbons (Fsp3) is 0.333. The van der Waals surface area contributed by atoms with Crippen molar-refractivity contribution >= 4 is 0 Å². The van der Waals surface area contributed by atoms with Gasteiger partial charge in [0.05, 0.1) is 6.61 Å². The van der Waals surface area contributed by atoms with Crippen LogP contribution in [-0.2, 0) is 6.42 Å². The van der Waals surface area contributed by atoms with Gasteiger partial charge in [-0.15, -0.1) is 0 Å². The molecule has 31 heavy (non-hydrogen) atoms. The van der Waals surface area contributed by atoms with Crippen LogP contribution in [0.3, 0.4) is 0 Å². The van der Waals surface area contributed by atoms with E-state index in [9.17, 15) is 13.2 Å². The molecule has 0 aliphatic rings. The van der Waals surface area contributed by atoms with E-state index in [1.165, 1.54) is 36.6 Å². The Labute approximate surface area is 182 Å². The molecular formula is C27H29F3O. The predicted octanol–water partition coefficient (Wildman–Crippen LogP) is 8.35. The zero-order chi connectivity index (χ0) is 22.2. The van der Waals surface area contributed by atoms with Crippen molar-refractivity contribution in [3.05, 3.63) is 77.6 Å². The van der Waals surface area contributed by atoms with Crippen molar-refractivity contribution in [1.82, 2.24) is 0 Å². The molecule has 0 N–H and O–H groups in total. The second-order valence-corrected chi connectivity index (χ2v) is 7.79. The van der Waals surface area contributed by atoms with Gasteiger partial charge < -0.3 is 4.74 Å². The van der Waals surface area contributed by atoms with Crippen LogP contribution >= 0.6 is 0 Å². The molecule has 0 atom stereocenters. The monoisotopic (exact) mass is 426 g/mol. The Bertz CT molecular complexity index is 996. The second-order valence-electron chi connectivity index (χ2n) is 7.79. The highest BCUT2D eigenvalue weighted by molar-refractivity contribution is 5.72. The Morgan fingerprint density at radius 1 is 0.677 bits per heavy atom. The van der Waals surface area contributed by atoms with Crippen LogP contribution in [0, 0.1) is 17.5 Å². The van der Waals surface area contributed by atoms with Crippen LogP contribution in [0.4, 0.5) is 13.2 Å². The summed E-state index contributed by atoms with van der Waals surface area (Å²) in [5, 5.41) is 0. The minimum atomic E-state index is -1.04. The molecule has 0 heterocycles. The molecular weight excluding hydrogens is 397 g/mol. The summed E-state index contributed by atoms with van der Waals surface area (Å²) in [6.45, 7) is 4.49. The third kappa shape index (κ3) is 5.69. The average molecular weight is 427 g/mol. The molecule has 0 saturated carbocycles. The summed E-state index contributed by atoms with van der Waals surface area (Å²) in [6.07, 6.45) is 6.18. The largest absolute Gasteiger partial charge is 0.490 e. The van der Waals surface area contributed by atoms with Gasteiger partial charge in [0.25, 0.3) is 0 Å². The number of hydrogen-bond donors (Lipinski definition) is 0. The van der Waals surface area contributed by atoms with Gasteiger partial charge in [-0.3, -0.25) is 0 Å². The van der Waals surface area contributed by atoms with Crippen molar-refractivity contribution in [3.8, 4) is 28.0 Å². The van der Waals surface area contributed by atoms with E-state index in [0.717, 1.165) is 31.2 Å². The lowest BCUT2D eigenvalue weighted by atomic mass is 9.97. The molecule has 4 heteroatoms. The minimum absolute atomic E-state index is 0.0112. The van der Waals surface area contributed by atoms with Crippen LogP contribution in [0.1, 0.15) is 51.5 Å². The van der Waals surface area contributed by atoms with E-state index < -0.39 is 17.5 Å². The second kappa shape index (κ2) is 11.0. The zero-order valence-corrected chi connectivity index (χ0v) is 18.2. The Morgan fingerprint density at radius 3 is 2.03 bits per heavy atom. The summed E-state index contributed by atoms with van der Waals surface area (Å²) in [4.78, 5) is 0. The van der Waals surface area contributed by atoms with Crippen molar-refractivity contribution in [2.45, 2.75) is 52.4 Å². The normalized spacial score (nSPS) is 11.0. The van der Waals surface area contributed by atoms with Crippen LogP contribution in [-0.4, -0.2) is 6.61 Å². The molecule has 3 rings (SSSR count). The first kappa shape index (κ1) is 22.9. The van der Waals surface area contributed by atoms with Crippen molar-refractivity contribution in [2.75, 3.05) is 6.61 Å². The van der Waals surface area contributed by atoms with Crippen LogP contribution < -0.4 is 4.74 Å². The Kier molecular flexibility index (Phi) is 8.16. The van der Waals surface area contributed by atoms with Crippen molar-refractivity contribution in [1.29, 1.82) is 0 Å². The van der Waals surface area contributed by atoms with Gasteiger partial charge in [-0.1, -0.05) is 69.5 Å². The summed E-state index contributed by atoms with van der Waals surface area (Å²) in [6, 6.07) is 15.1. The maximum absolute atomic E-state index is 14.8. The van der Waals surface area contributed by atoms with Gasteiger partial charge in [-0.25, -0.2) is 8.78 Å². The van der Waals surface area contributed by atoms with Gasteiger partial charge in [0.2, 0.25) is 5.82 Å². The highest BCUT2D eigenvalue weighted by atomic mass is 19.2. The molecule has 0 aliphatic carbocycles. The van der Waals surface area contributed by atoms with E-state index >= 15 is 0 Å². The third-order valence-corrected chi connectivity index (χ3v) is 5.42. The zero-order valence-electron chi connectivity index (χ0n) is 18.2. The van der Waals surface area contributed by atoms with Crippen LogP contribution in [0.25, 0.3) is 22.3 Å². The summed E-state index contributed by atoms with van der Waals surface area (Å²) in [5.74, 6) is -2.67. The standard InChI is InChI=1S/C27H29F3O/c1-3-5-7-8-19-9-11-20(12-10-19)22-14-13-21(18-24(22)28)23-15-16-25(27(30)26(23)29)31-17-6-4-2/h9-16,18H,3-8,17H2,1-2H3. The summed E-state index contributed by atoms with van der Waals surface area (Å²) in [5.41, 5.74) is 2.72. The fourth-order valence-electron chi connectivity index (χ4n) is 3.54. The molecule has 0 amide bonds. The molecule has 164 valence electrons. The maximum Gasteiger partial charge on any atom is 0.201 e. The summed E-state index contributed by atoms with van der Waals surface area (Å²) >= 11 is 0. The fourth-order valence-corrected chi connectivity index (χ4v) is 3.54. The Hall–Kier alpha value is -2.75. The summed E-state index contributed by atoms with van der Waals surface area (Å²) < 4.78 is 49.1. The van der Waals surface area contributed by atoms with Crippen LogP contribution in [0.15, 0.2) is 54.6 Å². The molecule has 1 nitrogen and oxygen atoms in total. The number of benzene rings is 3. The number of ether oxygens (including phenoxy) is 1. The van der Waals surface area contributed by atoms with Crippen molar-refractivity contribution < 1.29 is 17.9 Å². The molecule has 0 saturated heterocycles. The molecule has 0 fully saturated rings. The quantitative estimate of drug-likeness (QED) is 0.296. The smallest absolute Gasteiger partial charge is 0.201 e. The number of hydrogen-bond acceptors (Lipinski definition) is 1. The van der Waals surface area contributed by atoms with E-state index in [1.807, 2.05) is 31.2 Å². The number of halogens is 3. The van der Waals surface area contributed by atoms with Crippen molar-refractivity contribution in [3.63, 3.8) is 0 Å². The Morgan fingerprint density at radius 2 is 1.35 bits per heavy atom. The molecule has 3 aromatic carbocycles. The minimum Gasteiger partial charge on any atom is -0.490 e. The number of rotatable bonds is 10. The summed E-state index contributed by atoms with van der Waals surface area (Å²) in [7, 11) is 0. The lowest BCUT2D eigenvalue weighted by Gasteiger charge is -2.11. The van der Waals surface area contributed by atoms with E-state index in [-0.39, 0.29) is 16.9 Å². The van der Waals surface area contributed by atoms with E-state index in [2.05, 4.69) is 6.92 Å². The van der Waals surface area contributed by atoms with Crippen LogP contribution in [0.2, 0.25) is 0 Å². The third-order valence-electron chi connectivity index (χ3n) is 5.42. The molecule has 0 spiro atoms. The molecule has 3 aromatic rings. The van der Waals surface area contributed by atoms with Crippen molar-refractivity contribution in [2.24, 2.45) is 0 Å². The van der Waals surface area contributed by atoms with E-state index in [4.69, 9.17) is 4.74 Å². The van der Waals surface area contributed by atoms with Gasteiger partial charge in [0.1, 0.15) is 5.82 Å².